The maximum absolute atomic E-state index is 5.98. The van der Waals surface area contributed by atoms with Gasteiger partial charge in [-0.15, -0.1) is 0 Å². The van der Waals surface area contributed by atoms with E-state index in [-0.39, 0.29) is 0 Å². The zero-order valence-corrected chi connectivity index (χ0v) is 11.0. The topological polar surface area (TPSA) is 26.0 Å². The second-order valence-electron chi connectivity index (χ2n) is 4.27. The Bertz CT molecular complexity index is 531. The average molecular weight is 301 g/mol. The second kappa shape index (κ2) is 4.04. The highest BCUT2D eigenvalue weighted by molar-refractivity contribution is 9.10. The van der Waals surface area contributed by atoms with E-state index in [0.717, 1.165) is 21.5 Å². The summed E-state index contributed by atoms with van der Waals surface area (Å²) in [6.07, 6.45) is 4.95. The minimum atomic E-state index is 0.498. The van der Waals surface area contributed by atoms with Crippen molar-refractivity contribution >= 4 is 38.6 Å². The first kappa shape index (κ1) is 10.6. The summed E-state index contributed by atoms with van der Waals surface area (Å²) in [5, 5.41) is 0.686. The van der Waals surface area contributed by atoms with Crippen LogP contribution in [-0.4, -0.2) is 4.98 Å². The Kier molecular flexibility index (Phi) is 2.68. The highest BCUT2D eigenvalue weighted by atomic mass is 79.9. The van der Waals surface area contributed by atoms with Crippen LogP contribution < -0.4 is 0 Å². The van der Waals surface area contributed by atoms with Crippen LogP contribution in [-0.2, 0) is 0 Å². The molecule has 2 nitrogen and oxygen atoms in total. The van der Waals surface area contributed by atoms with Gasteiger partial charge in [-0.3, -0.25) is 0 Å². The molecule has 0 N–H and O–H groups in total. The normalized spacial score (nSPS) is 17.4. The number of nitrogens with zero attached hydrogens (tertiary/aromatic N) is 1. The lowest BCUT2D eigenvalue weighted by molar-refractivity contribution is 0.473. The summed E-state index contributed by atoms with van der Waals surface area (Å²) in [5.74, 6) is 1.37. The minimum Gasteiger partial charge on any atom is -0.439 e. The summed E-state index contributed by atoms with van der Waals surface area (Å²) in [5.41, 5.74) is 1.66. The van der Waals surface area contributed by atoms with E-state index in [0.29, 0.717) is 10.9 Å². The summed E-state index contributed by atoms with van der Waals surface area (Å²) in [7, 11) is 0. The van der Waals surface area contributed by atoms with Crippen molar-refractivity contribution in [2.75, 3.05) is 0 Å². The largest absolute Gasteiger partial charge is 0.439 e. The predicted molar refractivity (Wildman–Crippen MR) is 67.9 cm³/mol. The van der Waals surface area contributed by atoms with Crippen molar-refractivity contribution in [3.8, 4) is 0 Å². The molecule has 2 aromatic rings. The predicted octanol–water partition coefficient (Wildman–Crippen LogP) is 4.90. The van der Waals surface area contributed by atoms with E-state index >= 15 is 0 Å². The lowest BCUT2D eigenvalue weighted by atomic mass is 10.1. The van der Waals surface area contributed by atoms with Crippen LogP contribution in [0.2, 0.25) is 5.02 Å². The van der Waals surface area contributed by atoms with Gasteiger partial charge in [0.1, 0.15) is 5.52 Å². The fraction of sp³-hybridized carbons (Fsp3) is 0.417. The van der Waals surface area contributed by atoms with Crippen molar-refractivity contribution < 1.29 is 4.42 Å². The molecular weight excluding hydrogens is 289 g/mol. The monoisotopic (exact) mass is 299 g/mol. The van der Waals surface area contributed by atoms with E-state index in [1.54, 1.807) is 0 Å². The molecule has 0 unspecified atom stereocenters. The van der Waals surface area contributed by atoms with E-state index in [4.69, 9.17) is 16.0 Å². The highest BCUT2D eigenvalue weighted by Crippen LogP contribution is 2.37. The summed E-state index contributed by atoms with van der Waals surface area (Å²) < 4.78 is 6.70. The van der Waals surface area contributed by atoms with E-state index in [1.807, 2.05) is 12.1 Å². The van der Waals surface area contributed by atoms with Gasteiger partial charge in [-0.05, 0) is 40.9 Å². The van der Waals surface area contributed by atoms with Gasteiger partial charge >= 0.3 is 0 Å². The summed E-state index contributed by atoms with van der Waals surface area (Å²) in [4.78, 5) is 4.54. The molecule has 1 saturated carbocycles. The van der Waals surface area contributed by atoms with Crippen LogP contribution in [0.25, 0.3) is 11.1 Å². The third-order valence-corrected chi connectivity index (χ3v) is 3.94. The molecule has 1 fully saturated rings. The van der Waals surface area contributed by atoms with Crippen molar-refractivity contribution in [1.82, 2.24) is 4.98 Å². The molecule has 0 amide bonds. The van der Waals surface area contributed by atoms with Gasteiger partial charge in [-0.1, -0.05) is 24.4 Å². The number of hydrogen-bond donors (Lipinski definition) is 0. The van der Waals surface area contributed by atoms with Crippen LogP contribution in [0.1, 0.15) is 37.5 Å². The highest BCUT2D eigenvalue weighted by Gasteiger charge is 2.22. The van der Waals surface area contributed by atoms with Crippen LogP contribution in [0.4, 0.5) is 0 Å². The molecule has 1 aromatic heterocycles. The van der Waals surface area contributed by atoms with Gasteiger partial charge in [0.25, 0.3) is 0 Å². The number of rotatable bonds is 1. The van der Waals surface area contributed by atoms with Crippen molar-refractivity contribution in [3.05, 3.63) is 27.5 Å². The van der Waals surface area contributed by atoms with Crippen LogP contribution in [0.5, 0.6) is 0 Å². The molecule has 0 saturated heterocycles. The molecule has 1 aliphatic rings. The summed E-state index contributed by atoms with van der Waals surface area (Å²) in [6.45, 7) is 0. The number of benzene rings is 1. The van der Waals surface area contributed by atoms with Gasteiger partial charge < -0.3 is 4.42 Å². The third kappa shape index (κ3) is 1.76. The number of hydrogen-bond acceptors (Lipinski definition) is 2. The zero-order valence-electron chi connectivity index (χ0n) is 8.67. The Morgan fingerprint density at radius 1 is 1.31 bits per heavy atom. The maximum Gasteiger partial charge on any atom is 0.198 e. The van der Waals surface area contributed by atoms with Crippen molar-refractivity contribution in [2.45, 2.75) is 31.6 Å². The van der Waals surface area contributed by atoms with Crippen LogP contribution in [0, 0.1) is 0 Å². The van der Waals surface area contributed by atoms with Crippen LogP contribution in [0.3, 0.4) is 0 Å². The molecule has 1 heterocycles. The lowest BCUT2D eigenvalue weighted by Crippen LogP contribution is -1.90. The first-order valence-corrected chi connectivity index (χ1v) is 6.66. The summed E-state index contributed by atoms with van der Waals surface area (Å²) >= 11 is 9.43. The Morgan fingerprint density at radius 2 is 2.06 bits per heavy atom. The standard InChI is InChI=1S/C12H11BrClNO/c13-9-5-8(14)6-10-11(9)16-12(15-10)7-3-1-2-4-7/h5-7H,1-4H2. The average Bonchev–Trinajstić information content (AvgIpc) is 2.82. The van der Waals surface area contributed by atoms with Gasteiger partial charge in [0.2, 0.25) is 0 Å². The smallest absolute Gasteiger partial charge is 0.198 e. The van der Waals surface area contributed by atoms with E-state index < -0.39 is 0 Å². The molecule has 4 heteroatoms. The van der Waals surface area contributed by atoms with Crippen LogP contribution in [0.15, 0.2) is 21.0 Å². The first-order valence-electron chi connectivity index (χ1n) is 5.49. The molecule has 1 aromatic carbocycles. The molecule has 0 spiro atoms. The van der Waals surface area contributed by atoms with Gasteiger partial charge in [0, 0.05) is 10.9 Å². The fourth-order valence-corrected chi connectivity index (χ4v) is 3.20. The quantitative estimate of drug-likeness (QED) is 0.748. The van der Waals surface area contributed by atoms with Crippen molar-refractivity contribution in [1.29, 1.82) is 0 Å². The fourth-order valence-electron chi connectivity index (χ4n) is 2.32. The van der Waals surface area contributed by atoms with Gasteiger partial charge in [0.15, 0.2) is 11.5 Å². The Morgan fingerprint density at radius 3 is 2.81 bits per heavy atom. The Labute approximate surface area is 107 Å². The zero-order chi connectivity index (χ0) is 11.1. The number of halogens is 2. The Balaban J connectivity index is 2.11. The van der Waals surface area contributed by atoms with Gasteiger partial charge in [-0.2, -0.15) is 0 Å². The SMILES string of the molecule is Clc1cc(Br)c2oc(C3CCCC3)nc2c1. The van der Waals surface area contributed by atoms with Gasteiger partial charge in [0.05, 0.1) is 4.47 Å². The molecule has 0 radical (unpaired) electrons. The summed E-state index contributed by atoms with van der Waals surface area (Å²) in [6, 6.07) is 3.69. The van der Waals surface area contributed by atoms with Gasteiger partial charge in [-0.25, -0.2) is 4.98 Å². The number of aromatic nitrogens is 1. The molecule has 0 bridgehead atoms. The van der Waals surface area contributed by atoms with Crippen molar-refractivity contribution in [3.63, 3.8) is 0 Å². The maximum atomic E-state index is 5.98. The first-order chi connectivity index (χ1) is 7.74. The molecule has 0 aliphatic heterocycles. The second-order valence-corrected chi connectivity index (χ2v) is 5.56. The third-order valence-electron chi connectivity index (χ3n) is 3.13. The molecular formula is C12H11BrClNO. The molecule has 84 valence electrons. The van der Waals surface area contributed by atoms with E-state index in [1.165, 1.54) is 25.7 Å². The molecule has 1 aliphatic carbocycles. The molecule has 16 heavy (non-hydrogen) atoms. The molecule has 3 rings (SSSR count). The van der Waals surface area contributed by atoms with Crippen LogP contribution >= 0.6 is 27.5 Å². The van der Waals surface area contributed by atoms with E-state index in [9.17, 15) is 0 Å². The number of fused-ring (bicyclic) bond motifs is 1. The number of oxazole rings is 1. The van der Waals surface area contributed by atoms with E-state index in [2.05, 4.69) is 20.9 Å². The Hall–Kier alpha value is -0.540. The molecule has 0 atom stereocenters. The lowest BCUT2D eigenvalue weighted by Gasteiger charge is -2.00. The van der Waals surface area contributed by atoms with Crippen molar-refractivity contribution in [2.24, 2.45) is 0 Å². The minimum absolute atomic E-state index is 0.498.